The van der Waals surface area contributed by atoms with Gasteiger partial charge in [0.15, 0.2) is 6.61 Å². The highest BCUT2D eigenvalue weighted by Gasteiger charge is 2.16. The lowest BCUT2D eigenvalue weighted by Crippen LogP contribution is -2.05. The molecule has 8 heteroatoms. The second-order valence-electron chi connectivity index (χ2n) is 3.81. The Bertz CT molecular complexity index is 586. The molecule has 0 N–H and O–H groups in total. The van der Waals surface area contributed by atoms with Crippen molar-refractivity contribution in [3.05, 3.63) is 46.4 Å². The summed E-state index contributed by atoms with van der Waals surface area (Å²) in [7, 11) is 1.60. The summed E-state index contributed by atoms with van der Waals surface area (Å²) in [5.74, 6) is 1.18. The van der Waals surface area contributed by atoms with Gasteiger partial charge in [-0.15, -0.1) is 24.2 Å². The van der Waals surface area contributed by atoms with Gasteiger partial charge in [-0.2, -0.15) is 0 Å². The van der Waals surface area contributed by atoms with Gasteiger partial charge in [-0.3, -0.25) is 0 Å². The smallest absolute Gasteiger partial charge is 0.342 e. The van der Waals surface area contributed by atoms with Crippen LogP contribution in [-0.4, -0.2) is 20.7 Å². The Morgan fingerprint density at radius 2 is 2.05 bits per heavy atom. The van der Waals surface area contributed by atoms with E-state index in [9.17, 15) is 10.1 Å². The number of benzene rings is 1. The van der Waals surface area contributed by atoms with Crippen molar-refractivity contribution >= 4 is 30.0 Å². The lowest BCUT2D eigenvalue weighted by atomic mass is 10.3. The highest BCUT2D eigenvalue weighted by atomic mass is 35.5. The molecule has 0 radical (unpaired) electrons. The first-order valence-electron chi connectivity index (χ1n) is 5.53. The first-order chi connectivity index (χ1) is 9.11. The van der Waals surface area contributed by atoms with Crippen molar-refractivity contribution in [2.45, 2.75) is 11.5 Å². The molecule has 1 aromatic carbocycles. The molecule has 0 aliphatic rings. The van der Waals surface area contributed by atoms with E-state index in [1.807, 2.05) is 30.5 Å². The van der Waals surface area contributed by atoms with Crippen molar-refractivity contribution < 1.29 is 9.66 Å². The molecule has 0 aliphatic heterocycles. The standard InChI is InChI=1S/C12H13N3O3S.ClH/c1-14-11(13-7-12(14)15(16)17)8-18-9-3-5-10(19-2)6-4-9;/h3-7H,8H2,1-2H3;1H. The molecule has 0 aliphatic carbocycles. The summed E-state index contributed by atoms with van der Waals surface area (Å²) in [4.78, 5) is 15.3. The topological polar surface area (TPSA) is 70.2 Å². The molecule has 0 fully saturated rings. The number of nitrogens with zero attached hydrogens (tertiary/aromatic N) is 3. The minimum absolute atomic E-state index is 0. The molecule has 0 spiro atoms. The van der Waals surface area contributed by atoms with E-state index in [1.54, 1.807) is 18.8 Å². The number of hydrogen-bond donors (Lipinski definition) is 0. The molecule has 1 aromatic heterocycles. The summed E-state index contributed by atoms with van der Waals surface area (Å²) >= 11 is 1.65. The highest BCUT2D eigenvalue weighted by Crippen LogP contribution is 2.20. The van der Waals surface area contributed by atoms with Crippen LogP contribution in [0, 0.1) is 10.1 Å². The van der Waals surface area contributed by atoms with Gasteiger partial charge in [0.05, 0.1) is 7.05 Å². The van der Waals surface area contributed by atoms with E-state index < -0.39 is 4.92 Å². The third-order valence-corrected chi connectivity index (χ3v) is 3.42. The van der Waals surface area contributed by atoms with Crippen molar-refractivity contribution in [1.29, 1.82) is 0 Å². The maximum Gasteiger partial charge on any atom is 0.342 e. The van der Waals surface area contributed by atoms with Gasteiger partial charge in [-0.25, -0.2) is 9.55 Å². The Balaban J connectivity index is 0.00000200. The van der Waals surface area contributed by atoms with Crippen LogP contribution in [0.1, 0.15) is 5.82 Å². The Morgan fingerprint density at radius 3 is 2.55 bits per heavy atom. The largest absolute Gasteiger partial charge is 0.483 e. The summed E-state index contributed by atoms with van der Waals surface area (Å²) in [6.07, 6.45) is 3.23. The van der Waals surface area contributed by atoms with E-state index in [2.05, 4.69) is 4.98 Å². The maximum absolute atomic E-state index is 10.7. The van der Waals surface area contributed by atoms with E-state index in [0.29, 0.717) is 11.6 Å². The van der Waals surface area contributed by atoms with Gasteiger partial charge in [-0.1, -0.05) is 0 Å². The predicted molar refractivity (Wildman–Crippen MR) is 79.7 cm³/mol. The molecular formula is C12H14ClN3O3S. The highest BCUT2D eigenvalue weighted by molar-refractivity contribution is 7.98. The molecule has 6 nitrogen and oxygen atoms in total. The number of ether oxygens (including phenoxy) is 1. The van der Waals surface area contributed by atoms with Crippen LogP contribution in [0.2, 0.25) is 0 Å². The third kappa shape index (κ3) is 3.64. The second-order valence-corrected chi connectivity index (χ2v) is 4.69. The maximum atomic E-state index is 10.7. The van der Waals surface area contributed by atoms with Gasteiger partial charge in [0.2, 0.25) is 5.82 Å². The monoisotopic (exact) mass is 315 g/mol. The molecule has 0 unspecified atom stereocenters. The molecule has 1 heterocycles. The van der Waals surface area contributed by atoms with Gasteiger partial charge in [-0.05, 0) is 35.4 Å². The molecule has 0 saturated carbocycles. The molecule has 0 saturated heterocycles. The molecular weight excluding hydrogens is 302 g/mol. The minimum atomic E-state index is -0.468. The second kappa shape index (κ2) is 7.16. The first kappa shape index (κ1) is 16.3. The molecule has 0 atom stereocenters. The number of hydrogen-bond acceptors (Lipinski definition) is 5. The normalized spacial score (nSPS) is 9.90. The number of halogens is 1. The quantitative estimate of drug-likeness (QED) is 0.482. The summed E-state index contributed by atoms with van der Waals surface area (Å²) in [6, 6.07) is 7.65. The van der Waals surface area contributed by atoms with Gasteiger partial charge < -0.3 is 14.9 Å². The van der Waals surface area contributed by atoms with E-state index >= 15 is 0 Å². The molecule has 20 heavy (non-hydrogen) atoms. The summed E-state index contributed by atoms with van der Waals surface area (Å²) in [6.45, 7) is 0.197. The van der Waals surface area contributed by atoms with Gasteiger partial charge >= 0.3 is 5.82 Å². The van der Waals surface area contributed by atoms with Crippen LogP contribution in [-0.2, 0) is 13.7 Å². The molecule has 0 bridgehead atoms. The lowest BCUT2D eigenvalue weighted by Gasteiger charge is -2.05. The number of nitro groups is 1. The van der Waals surface area contributed by atoms with Crippen LogP contribution < -0.4 is 4.74 Å². The average molecular weight is 316 g/mol. The zero-order chi connectivity index (χ0) is 13.8. The minimum Gasteiger partial charge on any atom is -0.483 e. The van der Waals surface area contributed by atoms with Crippen molar-refractivity contribution in [2.75, 3.05) is 6.26 Å². The van der Waals surface area contributed by atoms with Crippen LogP contribution >= 0.6 is 24.2 Å². The van der Waals surface area contributed by atoms with Gasteiger partial charge in [0, 0.05) is 4.90 Å². The molecule has 108 valence electrons. The Labute approximate surface area is 126 Å². The van der Waals surface area contributed by atoms with Gasteiger partial charge in [0.25, 0.3) is 0 Å². The van der Waals surface area contributed by atoms with Crippen molar-refractivity contribution in [1.82, 2.24) is 9.55 Å². The lowest BCUT2D eigenvalue weighted by molar-refractivity contribution is -0.391. The molecule has 2 aromatic rings. The molecule has 2 rings (SSSR count). The van der Waals surface area contributed by atoms with Crippen molar-refractivity contribution in [3.63, 3.8) is 0 Å². The third-order valence-electron chi connectivity index (χ3n) is 2.67. The van der Waals surface area contributed by atoms with Crippen molar-refractivity contribution in [2.24, 2.45) is 7.05 Å². The van der Waals surface area contributed by atoms with Crippen LogP contribution in [0.3, 0.4) is 0 Å². The predicted octanol–water partition coefficient (Wildman–Crippen LogP) is 3.05. The Morgan fingerprint density at radius 1 is 1.40 bits per heavy atom. The first-order valence-corrected chi connectivity index (χ1v) is 6.76. The van der Waals surface area contributed by atoms with Crippen LogP contribution in [0.5, 0.6) is 5.75 Å². The van der Waals surface area contributed by atoms with E-state index in [0.717, 1.165) is 4.90 Å². The molecule has 0 amide bonds. The van der Waals surface area contributed by atoms with Gasteiger partial charge in [0.1, 0.15) is 11.9 Å². The summed E-state index contributed by atoms with van der Waals surface area (Å²) < 4.78 is 6.96. The average Bonchev–Trinajstić information content (AvgIpc) is 2.78. The number of imidazole rings is 1. The van der Waals surface area contributed by atoms with E-state index in [4.69, 9.17) is 4.74 Å². The Kier molecular flexibility index (Phi) is 5.84. The SMILES string of the molecule is CSc1ccc(OCc2ncc([N+](=O)[O-])n2C)cc1.Cl. The summed E-state index contributed by atoms with van der Waals surface area (Å²) in [5.41, 5.74) is 0. The van der Waals surface area contributed by atoms with E-state index in [1.165, 1.54) is 10.8 Å². The van der Waals surface area contributed by atoms with Crippen LogP contribution in [0.4, 0.5) is 5.82 Å². The fourth-order valence-electron chi connectivity index (χ4n) is 1.56. The number of aromatic nitrogens is 2. The summed E-state index contributed by atoms with van der Waals surface area (Å²) in [5, 5.41) is 10.7. The fraction of sp³-hybridized carbons (Fsp3) is 0.250. The number of thioether (sulfide) groups is 1. The van der Waals surface area contributed by atoms with E-state index in [-0.39, 0.29) is 24.8 Å². The van der Waals surface area contributed by atoms with Crippen molar-refractivity contribution in [3.8, 4) is 5.75 Å². The Hall–Kier alpha value is -1.73. The van der Waals surface area contributed by atoms with Crippen LogP contribution in [0.25, 0.3) is 0 Å². The van der Waals surface area contributed by atoms with Crippen LogP contribution in [0.15, 0.2) is 35.4 Å². The number of rotatable bonds is 5. The zero-order valence-electron chi connectivity index (χ0n) is 11.0. The fourth-order valence-corrected chi connectivity index (χ4v) is 1.97. The zero-order valence-corrected chi connectivity index (χ0v) is 12.6.